The minimum absolute atomic E-state index is 0.131. The van der Waals surface area contributed by atoms with Gasteiger partial charge in [-0.25, -0.2) is 8.42 Å². The zero-order valence-corrected chi connectivity index (χ0v) is 33.2. The van der Waals surface area contributed by atoms with Crippen molar-refractivity contribution in [3.63, 3.8) is 0 Å². The molecule has 6 aliphatic rings. The van der Waals surface area contributed by atoms with Gasteiger partial charge in [-0.2, -0.15) is 0 Å². The molecule has 6 rings (SSSR count). The SMILES string of the molecule is C=C(C)[C@@H]1CC[C@]2(NCCN3CCS(=O)(=O)CC3)CC[C@]3(C)[C@H](CC[C@@H]4[C@@]5(C)CC=C(CCC(C)(C)CC(=O)O)C(C)(C)[C@@H]5CC[C@]43C)[C@@H]12. The third kappa shape index (κ3) is 6.34. The lowest BCUT2D eigenvalue weighted by molar-refractivity contribution is -0.221. The topological polar surface area (TPSA) is 86.7 Å². The zero-order valence-electron chi connectivity index (χ0n) is 32.4. The number of nitrogens with zero attached hydrogens (tertiary/aromatic N) is 1. The summed E-state index contributed by atoms with van der Waals surface area (Å²) in [5.74, 6) is 3.18. The monoisotopic (exact) mass is 699 g/mol. The van der Waals surface area contributed by atoms with Gasteiger partial charge in [-0.3, -0.25) is 4.79 Å². The highest BCUT2D eigenvalue weighted by Gasteiger charge is 2.70. The molecular weight excluding hydrogens is 629 g/mol. The molecule has 0 aromatic heterocycles. The minimum atomic E-state index is -2.86. The number of rotatable bonds is 10. The van der Waals surface area contributed by atoms with E-state index in [0.717, 1.165) is 32.4 Å². The molecule has 0 bridgehead atoms. The molecule has 4 saturated carbocycles. The predicted molar refractivity (Wildman–Crippen MR) is 201 cm³/mol. The summed E-state index contributed by atoms with van der Waals surface area (Å²) in [5, 5.41) is 13.7. The Morgan fingerprint density at radius 2 is 1.67 bits per heavy atom. The average molecular weight is 699 g/mol. The predicted octanol–water partition coefficient (Wildman–Crippen LogP) is 8.53. The summed E-state index contributed by atoms with van der Waals surface area (Å²) >= 11 is 0. The van der Waals surface area contributed by atoms with Gasteiger partial charge < -0.3 is 15.3 Å². The molecule has 1 saturated heterocycles. The maximum atomic E-state index is 12.0. The van der Waals surface area contributed by atoms with E-state index in [1.165, 1.54) is 56.9 Å². The molecule has 2 N–H and O–H groups in total. The normalized spacial score (nSPS) is 43.0. The van der Waals surface area contributed by atoms with Crippen LogP contribution < -0.4 is 5.32 Å². The number of carboxylic acids is 1. The molecule has 5 aliphatic carbocycles. The molecule has 1 heterocycles. The summed E-state index contributed by atoms with van der Waals surface area (Å²) < 4.78 is 24.0. The molecule has 0 unspecified atom stereocenters. The van der Waals surface area contributed by atoms with Crippen molar-refractivity contribution in [1.29, 1.82) is 0 Å². The van der Waals surface area contributed by atoms with E-state index in [1.807, 2.05) is 0 Å². The second-order valence-corrected chi connectivity index (χ2v) is 22.5. The fourth-order valence-electron chi connectivity index (χ4n) is 13.9. The van der Waals surface area contributed by atoms with E-state index in [9.17, 15) is 18.3 Å². The first-order valence-corrected chi connectivity index (χ1v) is 21.8. The van der Waals surface area contributed by atoms with E-state index in [1.54, 1.807) is 5.57 Å². The number of hydrogen-bond donors (Lipinski definition) is 2. The Bertz CT molecular complexity index is 1440. The summed E-state index contributed by atoms with van der Waals surface area (Å²) in [6, 6.07) is 0. The molecule has 1 aliphatic heterocycles. The summed E-state index contributed by atoms with van der Waals surface area (Å²) in [6.07, 6.45) is 16.2. The highest BCUT2D eigenvalue weighted by molar-refractivity contribution is 7.91. The van der Waals surface area contributed by atoms with E-state index in [2.05, 4.69) is 78.3 Å². The smallest absolute Gasteiger partial charge is 0.303 e. The quantitative estimate of drug-likeness (QED) is 0.223. The van der Waals surface area contributed by atoms with E-state index >= 15 is 0 Å². The first-order valence-electron chi connectivity index (χ1n) is 19.9. The molecule has 0 aromatic carbocycles. The van der Waals surface area contributed by atoms with Gasteiger partial charge in [-0.15, -0.1) is 0 Å². The van der Waals surface area contributed by atoms with Crippen LogP contribution in [0, 0.1) is 56.7 Å². The van der Waals surface area contributed by atoms with Crippen LogP contribution in [0.15, 0.2) is 23.8 Å². The number of allylic oxidation sites excluding steroid dienone is 3. The van der Waals surface area contributed by atoms with Gasteiger partial charge in [0, 0.05) is 31.7 Å². The van der Waals surface area contributed by atoms with Crippen molar-refractivity contribution >= 4 is 15.8 Å². The van der Waals surface area contributed by atoms with Gasteiger partial charge in [0.15, 0.2) is 9.84 Å². The standard InChI is InChI=1S/C42H70N2O4S/c1-29(2)31-14-19-42(43-22-23-44-24-26-49(47,48)27-25-44)21-20-40(8)32(36(31)42)10-11-34-39(7)17-13-30(12-16-37(3,4)28-35(45)46)38(5,6)33(39)15-18-41(34,40)9/h13,31-34,36,43H,1,10-12,14-28H2,2-9H3,(H,45,46)/t31-,32+,33-,34+,36+,39-,40+,41+,42-/m0/s1. The van der Waals surface area contributed by atoms with Crippen molar-refractivity contribution in [2.24, 2.45) is 56.7 Å². The summed E-state index contributed by atoms with van der Waals surface area (Å²) in [7, 11) is -2.86. The second kappa shape index (κ2) is 12.7. The van der Waals surface area contributed by atoms with Crippen LogP contribution in [0.3, 0.4) is 0 Å². The molecule has 9 atom stereocenters. The Morgan fingerprint density at radius 1 is 0.980 bits per heavy atom. The van der Waals surface area contributed by atoms with Crippen LogP contribution in [0.2, 0.25) is 0 Å². The van der Waals surface area contributed by atoms with Crippen LogP contribution in [-0.2, 0) is 14.6 Å². The molecule has 0 aromatic rings. The molecule has 0 amide bonds. The maximum Gasteiger partial charge on any atom is 0.303 e. The molecule has 0 radical (unpaired) electrons. The molecule has 5 fully saturated rings. The Kier molecular flexibility index (Phi) is 9.77. The summed E-state index contributed by atoms with van der Waals surface area (Å²) in [6.45, 7) is 27.5. The Balaban J connectivity index is 1.22. The lowest BCUT2D eigenvalue weighted by atomic mass is 9.33. The number of carbonyl (C=O) groups is 1. The van der Waals surface area contributed by atoms with Crippen molar-refractivity contribution in [2.75, 3.05) is 37.7 Å². The number of nitrogens with one attached hydrogen (secondary N) is 1. The third-order valence-corrected chi connectivity index (χ3v) is 18.5. The van der Waals surface area contributed by atoms with Gasteiger partial charge in [-0.05, 0) is 134 Å². The van der Waals surface area contributed by atoms with Gasteiger partial charge in [0.1, 0.15) is 0 Å². The molecular formula is C42H70N2O4S. The third-order valence-electron chi connectivity index (χ3n) is 16.9. The molecule has 7 heteroatoms. The van der Waals surface area contributed by atoms with Crippen LogP contribution in [0.25, 0.3) is 0 Å². The van der Waals surface area contributed by atoms with Crippen molar-refractivity contribution in [3.8, 4) is 0 Å². The van der Waals surface area contributed by atoms with Crippen molar-refractivity contribution in [1.82, 2.24) is 10.2 Å². The van der Waals surface area contributed by atoms with Gasteiger partial charge in [0.2, 0.25) is 0 Å². The number of fused-ring (bicyclic) bond motifs is 7. The Labute approximate surface area is 299 Å². The van der Waals surface area contributed by atoms with Gasteiger partial charge in [0.25, 0.3) is 0 Å². The first kappa shape index (κ1) is 37.6. The van der Waals surface area contributed by atoms with Gasteiger partial charge >= 0.3 is 5.97 Å². The molecule has 278 valence electrons. The number of sulfone groups is 1. The van der Waals surface area contributed by atoms with Crippen molar-refractivity contribution in [2.45, 2.75) is 138 Å². The van der Waals surface area contributed by atoms with Crippen LogP contribution in [0.4, 0.5) is 0 Å². The summed E-state index contributed by atoms with van der Waals surface area (Å²) in [4.78, 5) is 13.9. The zero-order chi connectivity index (χ0) is 35.8. The lowest BCUT2D eigenvalue weighted by Gasteiger charge is -2.72. The van der Waals surface area contributed by atoms with Crippen LogP contribution >= 0.6 is 0 Å². The minimum Gasteiger partial charge on any atom is -0.481 e. The fourth-order valence-corrected chi connectivity index (χ4v) is 15.2. The van der Waals surface area contributed by atoms with Crippen molar-refractivity contribution < 1.29 is 18.3 Å². The number of carboxylic acid groups (broad SMARTS) is 1. The molecule has 6 nitrogen and oxygen atoms in total. The maximum absolute atomic E-state index is 12.0. The lowest BCUT2D eigenvalue weighted by Crippen LogP contribution is -2.68. The first-order chi connectivity index (χ1) is 22.7. The van der Waals surface area contributed by atoms with E-state index < -0.39 is 15.8 Å². The van der Waals surface area contributed by atoms with E-state index in [0.29, 0.717) is 65.0 Å². The fraction of sp³-hybridized carbons (Fsp3) is 0.881. The van der Waals surface area contributed by atoms with Gasteiger partial charge in [0.05, 0.1) is 17.9 Å². The molecule has 49 heavy (non-hydrogen) atoms. The highest BCUT2D eigenvalue weighted by Crippen LogP contribution is 2.76. The Morgan fingerprint density at radius 3 is 2.33 bits per heavy atom. The van der Waals surface area contributed by atoms with E-state index in [4.69, 9.17) is 0 Å². The van der Waals surface area contributed by atoms with Crippen molar-refractivity contribution in [3.05, 3.63) is 23.8 Å². The largest absolute Gasteiger partial charge is 0.481 e. The van der Waals surface area contributed by atoms with Crippen LogP contribution in [0.1, 0.15) is 132 Å². The number of aliphatic carboxylic acids is 1. The van der Waals surface area contributed by atoms with Gasteiger partial charge in [-0.1, -0.05) is 72.3 Å². The van der Waals surface area contributed by atoms with Crippen LogP contribution in [0.5, 0.6) is 0 Å². The second-order valence-electron chi connectivity index (χ2n) is 20.2. The molecule has 0 spiro atoms. The summed E-state index contributed by atoms with van der Waals surface area (Å²) in [5.41, 5.74) is 3.94. The Hall–Kier alpha value is -1.18. The number of hydrogen-bond acceptors (Lipinski definition) is 5. The average Bonchev–Trinajstić information content (AvgIpc) is 3.37. The van der Waals surface area contributed by atoms with Crippen LogP contribution in [-0.4, -0.2) is 67.6 Å². The van der Waals surface area contributed by atoms with E-state index in [-0.39, 0.29) is 28.2 Å². The highest BCUT2D eigenvalue weighted by atomic mass is 32.2.